The van der Waals surface area contributed by atoms with Gasteiger partial charge in [0.1, 0.15) is 15.5 Å². The zero-order chi connectivity index (χ0) is 19.1. The van der Waals surface area contributed by atoms with Gasteiger partial charge < -0.3 is 10.1 Å². The van der Waals surface area contributed by atoms with Crippen molar-refractivity contribution in [3.05, 3.63) is 42.9 Å². The van der Waals surface area contributed by atoms with Crippen LogP contribution in [-0.2, 0) is 17.7 Å². The topological polar surface area (TPSA) is 90.3 Å². The van der Waals surface area contributed by atoms with Crippen molar-refractivity contribution in [3.8, 4) is 0 Å². The smallest absolute Gasteiger partial charge is 0.350 e. The maximum absolute atomic E-state index is 12.9. The van der Waals surface area contributed by atoms with Crippen molar-refractivity contribution in [2.75, 3.05) is 12.4 Å². The molecule has 0 aromatic carbocycles. The summed E-state index contributed by atoms with van der Waals surface area (Å²) in [5.74, 6) is -0.0693. The normalized spacial score (nSPS) is 13.4. The van der Waals surface area contributed by atoms with Crippen molar-refractivity contribution >= 4 is 50.5 Å². The number of nitrogens with zero attached hydrogens (tertiary/aromatic N) is 2. The number of aryl methyl sites for hydroxylation is 2. The standard InChI is InChI=1S/C18H17N3O4S2/c1-9-12-16(20-11-5-3-4-7-21(11)17(12)23)27-13(9)15(22)19-10-6-8-26-14(10)18(24)25-2/h6,8H,3-5,7H2,1-2H3,(H,19,22). The molecule has 3 aromatic rings. The number of methoxy groups -OCH3 is 1. The van der Waals surface area contributed by atoms with Crippen molar-refractivity contribution in [3.63, 3.8) is 0 Å². The average Bonchev–Trinajstić information content (AvgIpc) is 3.26. The highest BCUT2D eigenvalue weighted by molar-refractivity contribution is 7.20. The Hall–Kier alpha value is -2.52. The molecule has 27 heavy (non-hydrogen) atoms. The highest BCUT2D eigenvalue weighted by atomic mass is 32.1. The molecular formula is C18H17N3O4S2. The first-order valence-electron chi connectivity index (χ1n) is 8.51. The number of amides is 1. The summed E-state index contributed by atoms with van der Waals surface area (Å²) in [5, 5.41) is 4.98. The number of rotatable bonds is 3. The van der Waals surface area contributed by atoms with Crippen LogP contribution in [-0.4, -0.2) is 28.5 Å². The number of carbonyl (C=O) groups is 2. The minimum Gasteiger partial charge on any atom is -0.465 e. The van der Waals surface area contributed by atoms with E-state index in [1.807, 2.05) is 0 Å². The molecule has 140 valence electrons. The fourth-order valence-electron chi connectivity index (χ4n) is 3.29. The predicted octanol–water partition coefficient (Wildman–Crippen LogP) is 3.20. The highest BCUT2D eigenvalue weighted by Crippen LogP contribution is 2.30. The third-order valence-electron chi connectivity index (χ3n) is 4.65. The maximum Gasteiger partial charge on any atom is 0.350 e. The molecule has 0 saturated carbocycles. The van der Waals surface area contributed by atoms with Gasteiger partial charge in [0, 0.05) is 13.0 Å². The van der Waals surface area contributed by atoms with E-state index in [4.69, 9.17) is 4.74 Å². The Bertz CT molecular complexity index is 1130. The lowest BCUT2D eigenvalue weighted by atomic mass is 10.1. The third-order valence-corrected chi connectivity index (χ3v) is 6.73. The fraction of sp³-hybridized carbons (Fsp3) is 0.333. The molecule has 0 saturated heterocycles. The summed E-state index contributed by atoms with van der Waals surface area (Å²) in [5.41, 5.74) is 0.951. The Morgan fingerprint density at radius 2 is 2.11 bits per heavy atom. The monoisotopic (exact) mass is 403 g/mol. The van der Waals surface area contributed by atoms with Crippen molar-refractivity contribution in [1.82, 2.24) is 9.55 Å². The molecule has 9 heteroatoms. The van der Waals surface area contributed by atoms with Crippen molar-refractivity contribution in [2.45, 2.75) is 32.7 Å². The van der Waals surface area contributed by atoms with Gasteiger partial charge in [-0.15, -0.1) is 22.7 Å². The Labute approximate surface area is 162 Å². The van der Waals surface area contributed by atoms with Crippen LogP contribution in [0.2, 0.25) is 0 Å². The lowest BCUT2D eigenvalue weighted by Crippen LogP contribution is -2.28. The van der Waals surface area contributed by atoms with Gasteiger partial charge in [0.2, 0.25) is 0 Å². The quantitative estimate of drug-likeness (QED) is 0.678. The number of fused-ring (bicyclic) bond motifs is 2. The molecule has 0 fully saturated rings. The minimum absolute atomic E-state index is 0.0757. The third kappa shape index (κ3) is 2.96. The van der Waals surface area contributed by atoms with E-state index in [1.54, 1.807) is 22.9 Å². The Morgan fingerprint density at radius 1 is 1.30 bits per heavy atom. The number of esters is 1. The molecule has 4 heterocycles. The molecular weight excluding hydrogens is 386 g/mol. The molecule has 1 N–H and O–H groups in total. The Balaban J connectivity index is 1.74. The molecule has 0 radical (unpaired) electrons. The van der Waals surface area contributed by atoms with Gasteiger partial charge >= 0.3 is 5.97 Å². The molecule has 4 rings (SSSR count). The van der Waals surface area contributed by atoms with Gasteiger partial charge in [0.25, 0.3) is 11.5 Å². The number of nitrogens with one attached hydrogen (secondary N) is 1. The largest absolute Gasteiger partial charge is 0.465 e. The SMILES string of the molecule is COC(=O)c1sccc1NC(=O)c1sc2nc3n(c(=O)c2c1C)CCCC3. The van der Waals surface area contributed by atoms with Crippen molar-refractivity contribution < 1.29 is 14.3 Å². The first kappa shape index (κ1) is 17.9. The van der Waals surface area contributed by atoms with Gasteiger partial charge in [-0.1, -0.05) is 0 Å². The fourth-order valence-corrected chi connectivity index (χ4v) is 5.14. The van der Waals surface area contributed by atoms with E-state index in [1.165, 1.54) is 29.8 Å². The predicted molar refractivity (Wildman–Crippen MR) is 105 cm³/mol. The summed E-state index contributed by atoms with van der Waals surface area (Å²) in [6, 6.07) is 1.66. The van der Waals surface area contributed by atoms with Crippen LogP contribution in [0.15, 0.2) is 16.2 Å². The molecule has 0 bridgehead atoms. The van der Waals surface area contributed by atoms with Gasteiger partial charge in [0.05, 0.1) is 23.1 Å². The highest BCUT2D eigenvalue weighted by Gasteiger charge is 2.24. The van der Waals surface area contributed by atoms with E-state index in [-0.39, 0.29) is 11.5 Å². The molecule has 0 atom stereocenters. The number of thiophene rings is 2. The number of carbonyl (C=O) groups excluding carboxylic acids is 2. The van der Waals surface area contributed by atoms with Gasteiger partial charge in [-0.25, -0.2) is 9.78 Å². The number of hydrogen-bond acceptors (Lipinski definition) is 7. The zero-order valence-electron chi connectivity index (χ0n) is 14.8. The number of ether oxygens (including phenoxy) is 1. The second-order valence-corrected chi connectivity index (χ2v) is 8.20. The summed E-state index contributed by atoms with van der Waals surface area (Å²) >= 11 is 2.41. The van der Waals surface area contributed by atoms with Crippen LogP contribution in [0, 0.1) is 6.92 Å². The van der Waals surface area contributed by atoms with Crippen LogP contribution in [0.3, 0.4) is 0 Å². The summed E-state index contributed by atoms with van der Waals surface area (Å²) in [6.07, 6.45) is 2.76. The summed E-state index contributed by atoms with van der Waals surface area (Å²) in [6.45, 7) is 2.44. The van der Waals surface area contributed by atoms with E-state index < -0.39 is 5.97 Å². The Morgan fingerprint density at radius 3 is 2.89 bits per heavy atom. The number of hydrogen-bond donors (Lipinski definition) is 1. The molecule has 1 amide bonds. The Kier molecular flexibility index (Phi) is 4.56. The van der Waals surface area contributed by atoms with Gasteiger partial charge in [-0.05, 0) is 36.8 Å². The molecule has 1 aliphatic rings. The molecule has 0 spiro atoms. The van der Waals surface area contributed by atoms with E-state index >= 15 is 0 Å². The van der Waals surface area contributed by atoms with Crippen LogP contribution in [0.4, 0.5) is 5.69 Å². The first-order chi connectivity index (χ1) is 13.0. The first-order valence-corrected chi connectivity index (χ1v) is 10.2. The second-order valence-electron chi connectivity index (χ2n) is 6.29. The summed E-state index contributed by atoms with van der Waals surface area (Å²) < 4.78 is 6.46. The lowest BCUT2D eigenvalue weighted by molar-refractivity contribution is 0.0607. The second kappa shape index (κ2) is 6.90. The molecule has 0 aliphatic carbocycles. The summed E-state index contributed by atoms with van der Waals surface area (Å²) in [4.78, 5) is 43.5. The van der Waals surface area contributed by atoms with Crippen LogP contribution in [0.1, 0.15) is 43.6 Å². The maximum atomic E-state index is 12.9. The van der Waals surface area contributed by atoms with Gasteiger partial charge in [0.15, 0.2) is 0 Å². The van der Waals surface area contributed by atoms with E-state index in [0.717, 1.165) is 25.1 Å². The molecule has 0 unspecified atom stereocenters. The van der Waals surface area contributed by atoms with Crippen molar-refractivity contribution in [2.24, 2.45) is 0 Å². The van der Waals surface area contributed by atoms with Crippen LogP contribution in [0.5, 0.6) is 0 Å². The van der Waals surface area contributed by atoms with Crippen LogP contribution >= 0.6 is 22.7 Å². The average molecular weight is 403 g/mol. The molecule has 7 nitrogen and oxygen atoms in total. The van der Waals surface area contributed by atoms with E-state index in [9.17, 15) is 14.4 Å². The van der Waals surface area contributed by atoms with E-state index in [0.29, 0.717) is 37.8 Å². The number of anilines is 1. The minimum atomic E-state index is -0.499. The van der Waals surface area contributed by atoms with Crippen LogP contribution in [0.25, 0.3) is 10.2 Å². The lowest BCUT2D eigenvalue weighted by Gasteiger charge is -2.16. The number of aromatic nitrogens is 2. The van der Waals surface area contributed by atoms with E-state index in [2.05, 4.69) is 10.3 Å². The summed E-state index contributed by atoms with van der Waals surface area (Å²) in [7, 11) is 1.30. The van der Waals surface area contributed by atoms with Crippen LogP contribution < -0.4 is 10.9 Å². The van der Waals surface area contributed by atoms with Gasteiger partial charge in [-0.3, -0.25) is 14.2 Å². The van der Waals surface area contributed by atoms with Crippen molar-refractivity contribution in [1.29, 1.82) is 0 Å². The molecule has 1 aliphatic heterocycles. The van der Waals surface area contributed by atoms with Gasteiger partial charge in [-0.2, -0.15) is 0 Å². The zero-order valence-corrected chi connectivity index (χ0v) is 16.5. The molecule has 3 aromatic heterocycles.